The molecule has 1 saturated carbocycles. The van der Waals surface area contributed by atoms with Gasteiger partial charge in [0.05, 0.1) is 6.54 Å². The van der Waals surface area contributed by atoms with Crippen molar-refractivity contribution in [2.75, 3.05) is 7.05 Å². The van der Waals surface area contributed by atoms with Crippen LogP contribution in [-0.4, -0.2) is 24.0 Å². The molecular weight excluding hydrogens is 248 g/mol. The van der Waals surface area contributed by atoms with Gasteiger partial charge in [-0.1, -0.05) is 33.1 Å². The third kappa shape index (κ3) is 4.35. The Morgan fingerprint density at radius 2 is 2.00 bits per heavy atom. The summed E-state index contributed by atoms with van der Waals surface area (Å²) in [6, 6.07) is 3.48. The van der Waals surface area contributed by atoms with Crippen molar-refractivity contribution in [1.82, 2.24) is 10.2 Å². The van der Waals surface area contributed by atoms with Crippen LogP contribution in [0.25, 0.3) is 0 Å². The van der Waals surface area contributed by atoms with Crippen molar-refractivity contribution >= 4 is 0 Å². The summed E-state index contributed by atoms with van der Waals surface area (Å²) in [5.74, 6) is 2.14. The molecule has 1 aromatic heterocycles. The fraction of sp³-hybridized carbons (Fsp3) is 0.765. The van der Waals surface area contributed by atoms with Gasteiger partial charge in [0.15, 0.2) is 0 Å². The van der Waals surface area contributed by atoms with Crippen LogP contribution in [0.15, 0.2) is 10.5 Å². The molecule has 20 heavy (non-hydrogen) atoms. The standard InChI is InChI=1S/C17H30N2O/c1-13(2)18-11-17-10-15(14(3)20-17)12-19(4)16-8-6-5-7-9-16/h10,13,16,18H,5-9,11-12H2,1-4H3. The van der Waals surface area contributed by atoms with Crippen LogP contribution in [0.5, 0.6) is 0 Å². The quantitative estimate of drug-likeness (QED) is 0.856. The normalized spacial score (nSPS) is 17.3. The number of furan rings is 1. The molecule has 0 aromatic carbocycles. The summed E-state index contributed by atoms with van der Waals surface area (Å²) in [5.41, 5.74) is 1.35. The maximum Gasteiger partial charge on any atom is 0.118 e. The van der Waals surface area contributed by atoms with Crippen LogP contribution < -0.4 is 5.32 Å². The molecule has 114 valence electrons. The van der Waals surface area contributed by atoms with Crippen molar-refractivity contribution in [3.63, 3.8) is 0 Å². The molecule has 0 spiro atoms. The molecule has 0 saturated heterocycles. The van der Waals surface area contributed by atoms with E-state index in [9.17, 15) is 0 Å². The van der Waals surface area contributed by atoms with E-state index < -0.39 is 0 Å². The lowest BCUT2D eigenvalue weighted by Crippen LogP contribution is -2.32. The number of hydrogen-bond donors (Lipinski definition) is 1. The molecule has 1 aliphatic rings. The number of nitrogens with zero attached hydrogens (tertiary/aromatic N) is 1. The second-order valence-electron chi connectivity index (χ2n) is 6.54. The molecule has 0 unspecified atom stereocenters. The molecule has 1 aromatic rings. The molecule has 0 bridgehead atoms. The predicted octanol–water partition coefficient (Wildman–Crippen LogP) is 3.85. The minimum atomic E-state index is 0.494. The summed E-state index contributed by atoms with van der Waals surface area (Å²) >= 11 is 0. The van der Waals surface area contributed by atoms with Gasteiger partial charge in [0.2, 0.25) is 0 Å². The summed E-state index contributed by atoms with van der Waals surface area (Å²) in [6.07, 6.45) is 6.91. The van der Waals surface area contributed by atoms with Gasteiger partial charge in [0.1, 0.15) is 11.5 Å². The van der Waals surface area contributed by atoms with Crippen LogP contribution in [0, 0.1) is 6.92 Å². The van der Waals surface area contributed by atoms with E-state index in [1.807, 2.05) is 0 Å². The maximum atomic E-state index is 5.86. The molecule has 3 nitrogen and oxygen atoms in total. The van der Waals surface area contributed by atoms with Gasteiger partial charge >= 0.3 is 0 Å². The van der Waals surface area contributed by atoms with Crippen molar-refractivity contribution in [3.05, 3.63) is 23.2 Å². The van der Waals surface area contributed by atoms with Crippen molar-refractivity contribution in [2.45, 2.75) is 78.0 Å². The molecule has 2 rings (SSSR count). The van der Waals surface area contributed by atoms with Crippen molar-refractivity contribution in [3.8, 4) is 0 Å². The van der Waals surface area contributed by atoms with E-state index in [-0.39, 0.29) is 0 Å². The average molecular weight is 278 g/mol. The summed E-state index contributed by atoms with van der Waals surface area (Å²) < 4.78 is 5.86. The Bertz CT molecular complexity index is 405. The molecule has 0 aliphatic heterocycles. The van der Waals surface area contributed by atoms with E-state index in [4.69, 9.17) is 4.42 Å². The van der Waals surface area contributed by atoms with E-state index in [1.54, 1.807) is 0 Å². The topological polar surface area (TPSA) is 28.4 Å². The first-order chi connectivity index (χ1) is 9.56. The molecule has 0 radical (unpaired) electrons. The zero-order chi connectivity index (χ0) is 14.5. The first kappa shape index (κ1) is 15.6. The van der Waals surface area contributed by atoms with Crippen LogP contribution in [0.3, 0.4) is 0 Å². The van der Waals surface area contributed by atoms with Gasteiger partial charge in [-0.25, -0.2) is 0 Å². The van der Waals surface area contributed by atoms with E-state index in [0.717, 1.165) is 30.7 Å². The number of nitrogens with one attached hydrogen (secondary N) is 1. The van der Waals surface area contributed by atoms with Gasteiger partial charge in [-0.05, 0) is 32.9 Å². The number of hydrogen-bond acceptors (Lipinski definition) is 3. The van der Waals surface area contributed by atoms with E-state index >= 15 is 0 Å². The average Bonchev–Trinajstić information content (AvgIpc) is 2.78. The Morgan fingerprint density at radius 1 is 1.30 bits per heavy atom. The van der Waals surface area contributed by atoms with E-state index in [2.05, 4.69) is 44.1 Å². The van der Waals surface area contributed by atoms with E-state index in [1.165, 1.54) is 37.7 Å². The lowest BCUT2D eigenvalue weighted by molar-refractivity contribution is 0.184. The SMILES string of the molecule is Cc1oc(CNC(C)C)cc1CN(C)C1CCCCC1. The largest absolute Gasteiger partial charge is 0.465 e. The highest BCUT2D eigenvalue weighted by Crippen LogP contribution is 2.24. The van der Waals surface area contributed by atoms with Crippen LogP contribution in [0.2, 0.25) is 0 Å². The second kappa shape index (κ2) is 7.28. The summed E-state index contributed by atoms with van der Waals surface area (Å²) in [4.78, 5) is 2.51. The Labute approximate surface area is 123 Å². The molecule has 1 fully saturated rings. The molecule has 0 amide bonds. The highest BCUT2D eigenvalue weighted by Gasteiger charge is 2.19. The first-order valence-corrected chi connectivity index (χ1v) is 8.08. The molecule has 0 atom stereocenters. The molecule has 1 N–H and O–H groups in total. The Hall–Kier alpha value is -0.800. The first-order valence-electron chi connectivity index (χ1n) is 8.08. The highest BCUT2D eigenvalue weighted by molar-refractivity contribution is 5.20. The van der Waals surface area contributed by atoms with E-state index in [0.29, 0.717) is 6.04 Å². The molecule has 3 heteroatoms. The maximum absolute atomic E-state index is 5.86. The third-order valence-electron chi connectivity index (χ3n) is 4.37. The van der Waals surface area contributed by atoms with Crippen molar-refractivity contribution < 1.29 is 4.42 Å². The molecule has 1 heterocycles. The minimum absolute atomic E-state index is 0.494. The van der Waals surface area contributed by atoms with Gasteiger partial charge in [0, 0.05) is 24.2 Å². The summed E-state index contributed by atoms with van der Waals surface area (Å²) in [5, 5.41) is 3.41. The van der Waals surface area contributed by atoms with Gasteiger partial charge in [-0.3, -0.25) is 4.90 Å². The van der Waals surface area contributed by atoms with Crippen molar-refractivity contribution in [1.29, 1.82) is 0 Å². The molecule has 1 aliphatic carbocycles. The fourth-order valence-electron chi connectivity index (χ4n) is 3.06. The van der Waals surface area contributed by atoms with Gasteiger partial charge < -0.3 is 9.73 Å². The zero-order valence-electron chi connectivity index (χ0n) is 13.5. The lowest BCUT2D eigenvalue weighted by atomic mass is 9.94. The third-order valence-corrected chi connectivity index (χ3v) is 4.37. The minimum Gasteiger partial charge on any atom is -0.465 e. The zero-order valence-corrected chi connectivity index (χ0v) is 13.5. The Morgan fingerprint density at radius 3 is 2.65 bits per heavy atom. The fourth-order valence-corrected chi connectivity index (χ4v) is 3.06. The van der Waals surface area contributed by atoms with Gasteiger partial charge in [0.25, 0.3) is 0 Å². The van der Waals surface area contributed by atoms with Crippen LogP contribution in [0.1, 0.15) is 63.0 Å². The van der Waals surface area contributed by atoms with Gasteiger partial charge in [-0.2, -0.15) is 0 Å². The predicted molar refractivity (Wildman–Crippen MR) is 83.8 cm³/mol. The van der Waals surface area contributed by atoms with Crippen LogP contribution in [0.4, 0.5) is 0 Å². The lowest BCUT2D eigenvalue weighted by Gasteiger charge is -2.31. The molecular formula is C17H30N2O. The number of aryl methyl sites for hydroxylation is 1. The van der Waals surface area contributed by atoms with Crippen molar-refractivity contribution in [2.24, 2.45) is 0 Å². The summed E-state index contributed by atoms with van der Waals surface area (Å²) in [6.45, 7) is 8.25. The Kier molecular flexibility index (Phi) is 5.67. The monoisotopic (exact) mass is 278 g/mol. The van der Waals surface area contributed by atoms with Gasteiger partial charge in [-0.15, -0.1) is 0 Å². The van der Waals surface area contributed by atoms with Crippen LogP contribution >= 0.6 is 0 Å². The van der Waals surface area contributed by atoms with Crippen LogP contribution in [-0.2, 0) is 13.1 Å². The number of rotatable bonds is 6. The Balaban J connectivity index is 1.91. The smallest absolute Gasteiger partial charge is 0.118 e. The second-order valence-corrected chi connectivity index (χ2v) is 6.54. The summed E-state index contributed by atoms with van der Waals surface area (Å²) in [7, 11) is 2.26. The highest BCUT2D eigenvalue weighted by atomic mass is 16.3.